The summed E-state index contributed by atoms with van der Waals surface area (Å²) < 4.78 is 11.7. The Morgan fingerprint density at radius 3 is 2.59 bits per heavy atom. The van der Waals surface area contributed by atoms with Gasteiger partial charge in [0.05, 0.1) is 31.5 Å². The van der Waals surface area contributed by atoms with Gasteiger partial charge < -0.3 is 19.7 Å². The number of ether oxygens (including phenoxy) is 2. The molecule has 32 heavy (non-hydrogen) atoms. The molecule has 0 aromatic heterocycles. The molecule has 1 aliphatic heterocycles. The highest BCUT2D eigenvalue weighted by atomic mass is 16.6. The first-order valence-corrected chi connectivity index (χ1v) is 11.3. The number of carboxylic acids is 2. The van der Waals surface area contributed by atoms with Gasteiger partial charge in [0.1, 0.15) is 5.60 Å². The van der Waals surface area contributed by atoms with E-state index in [1.54, 1.807) is 0 Å². The van der Waals surface area contributed by atoms with Crippen LogP contribution in [0.15, 0.2) is 35.5 Å². The fourth-order valence-corrected chi connectivity index (χ4v) is 8.02. The first-order valence-electron chi connectivity index (χ1n) is 11.3. The first-order chi connectivity index (χ1) is 15.0. The van der Waals surface area contributed by atoms with E-state index in [9.17, 15) is 24.6 Å². The summed E-state index contributed by atoms with van der Waals surface area (Å²) in [6, 6.07) is 0. The normalized spacial score (nSPS) is 45.4. The predicted molar refractivity (Wildman–Crippen MR) is 114 cm³/mol. The summed E-state index contributed by atoms with van der Waals surface area (Å²) in [5, 5.41) is 18.9. The summed E-state index contributed by atoms with van der Waals surface area (Å²) in [5.74, 6) is -1.94. The van der Waals surface area contributed by atoms with Gasteiger partial charge in [0.2, 0.25) is 0 Å². The van der Waals surface area contributed by atoms with Gasteiger partial charge in [-0.05, 0) is 61.0 Å². The number of epoxide rings is 1. The number of allylic oxidation sites excluding steroid dienone is 3. The molecule has 172 valence electrons. The first kappa shape index (κ1) is 21.4. The number of esters is 1. The fourth-order valence-electron chi connectivity index (χ4n) is 8.02. The van der Waals surface area contributed by atoms with Crippen LogP contribution >= 0.6 is 0 Å². The Labute approximate surface area is 187 Å². The smallest absolute Gasteiger partial charge is 0.312 e. The second-order valence-corrected chi connectivity index (χ2v) is 10.6. The van der Waals surface area contributed by atoms with Crippen molar-refractivity contribution in [1.82, 2.24) is 0 Å². The van der Waals surface area contributed by atoms with Crippen molar-refractivity contribution in [2.75, 3.05) is 7.11 Å². The van der Waals surface area contributed by atoms with Crippen molar-refractivity contribution in [3.63, 3.8) is 0 Å². The van der Waals surface area contributed by atoms with Crippen LogP contribution in [0.2, 0.25) is 0 Å². The van der Waals surface area contributed by atoms with E-state index < -0.39 is 34.3 Å². The van der Waals surface area contributed by atoms with E-state index in [0.717, 1.165) is 24.0 Å². The number of methoxy groups -OCH3 is 1. The third-order valence-electron chi connectivity index (χ3n) is 9.56. The lowest BCUT2D eigenvalue weighted by Crippen LogP contribution is -2.58. The number of carboxylic acid groups (broad SMARTS) is 2. The number of rotatable bonds is 5. The van der Waals surface area contributed by atoms with E-state index in [1.807, 2.05) is 12.2 Å². The SMILES string of the molecule is COC(=O)[C@@]1(CC(=O)O)CC[C@H]2[C@@H]3CC=C4C=C(CC(=O)O)C=C[C@]4(C)[C@@]34O[C@H]4C[C@@]21C. The molecule has 0 amide bonds. The molecule has 0 aromatic carbocycles. The van der Waals surface area contributed by atoms with Crippen LogP contribution < -0.4 is 0 Å². The van der Waals surface area contributed by atoms with Crippen molar-refractivity contribution in [3.05, 3.63) is 35.5 Å². The molecule has 7 atom stereocenters. The van der Waals surface area contributed by atoms with Crippen LogP contribution in [0, 0.1) is 28.1 Å². The Morgan fingerprint density at radius 2 is 1.94 bits per heavy atom. The Morgan fingerprint density at radius 1 is 1.19 bits per heavy atom. The molecule has 5 aliphatic rings. The zero-order valence-corrected chi connectivity index (χ0v) is 18.7. The van der Waals surface area contributed by atoms with Gasteiger partial charge in [-0.1, -0.05) is 31.2 Å². The van der Waals surface area contributed by atoms with Crippen LogP contribution in [-0.2, 0) is 23.9 Å². The molecule has 0 aromatic rings. The van der Waals surface area contributed by atoms with Gasteiger partial charge in [-0.2, -0.15) is 0 Å². The molecule has 1 spiro atoms. The summed E-state index contributed by atoms with van der Waals surface area (Å²) in [7, 11) is 1.34. The minimum atomic E-state index is -1.04. The van der Waals surface area contributed by atoms with E-state index in [0.29, 0.717) is 12.8 Å². The van der Waals surface area contributed by atoms with E-state index in [1.165, 1.54) is 7.11 Å². The second kappa shape index (κ2) is 6.56. The van der Waals surface area contributed by atoms with Gasteiger partial charge in [-0.3, -0.25) is 14.4 Å². The summed E-state index contributed by atoms with van der Waals surface area (Å²) in [6.07, 6.45) is 10.6. The molecule has 0 bridgehead atoms. The molecule has 4 aliphatic carbocycles. The standard InChI is InChI=1S/C25H30O7/c1-22-8-6-14(11-19(26)27)10-15(22)4-5-17-16-7-9-24(13-20(28)29,21(30)31-3)23(16,2)12-18-25(17,22)32-18/h4,6,8,10,16-18H,5,7,9,11-13H2,1-3H3,(H,26,27)(H,28,29)/t16-,17-,18-,22-,23-,24-,25+/m0/s1. The molecule has 0 radical (unpaired) electrons. The fraction of sp³-hybridized carbons (Fsp3) is 0.640. The summed E-state index contributed by atoms with van der Waals surface area (Å²) in [4.78, 5) is 36.0. The third-order valence-corrected chi connectivity index (χ3v) is 9.56. The Kier molecular flexibility index (Phi) is 4.40. The molecule has 1 saturated heterocycles. The molecular weight excluding hydrogens is 412 g/mol. The zero-order chi connectivity index (χ0) is 23.1. The average Bonchev–Trinajstić information content (AvgIpc) is 3.37. The molecule has 2 N–H and O–H groups in total. The van der Waals surface area contributed by atoms with Crippen molar-refractivity contribution < 1.29 is 34.1 Å². The monoisotopic (exact) mass is 442 g/mol. The van der Waals surface area contributed by atoms with Crippen LogP contribution in [0.5, 0.6) is 0 Å². The van der Waals surface area contributed by atoms with Gasteiger partial charge in [0.25, 0.3) is 0 Å². The van der Waals surface area contributed by atoms with Crippen LogP contribution in [0.4, 0.5) is 0 Å². The lowest BCUT2D eigenvalue weighted by atomic mass is 9.46. The number of carbonyl (C=O) groups excluding carboxylic acids is 1. The van der Waals surface area contributed by atoms with E-state index >= 15 is 0 Å². The summed E-state index contributed by atoms with van der Waals surface area (Å²) >= 11 is 0. The molecule has 2 saturated carbocycles. The highest BCUT2D eigenvalue weighted by Gasteiger charge is 2.81. The minimum absolute atomic E-state index is 0.0117. The number of carbonyl (C=O) groups is 3. The Hall–Kier alpha value is -2.41. The molecule has 3 fully saturated rings. The molecule has 7 heteroatoms. The van der Waals surface area contributed by atoms with Crippen LogP contribution in [0.25, 0.3) is 0 Å². The van der Waals surface area contributed by atoms with Crippen LogP contribution in [-0.4, -0.2) is 46.9 Å². The Balaban J connectivity index is 1.55. The molecule has 7 nitrogen and oxygen atoms in total. The topological polar surface area (TPSA) is 113 Å². The van der Waals surface area contributed by atoms with Crippen LogP contribution in [0.3, 0.4) is 0 Å². The average molecular weight is 443 g/mol. The largest absolute Gasteiger partial charge is 0.481 e. The van der Waals surface area contributed by atoms with Crippen LogP contribution in [0.1, 0.15) is 52.4 Å². The number of hydrogen-bond acceptors (Lipinski definition) is 5. The van der Waals surface area contributed by atoms with Crippen molar-refractivity contribution in [3.8, 4) is 0 Å². The van der Waals surface area contributed by atoms with E-state index in [4.69, 9.17) is 9.47 Å². The lowest BCUT2D eigenvalue weighted by molar-refractivity contribution is -0.170. The number of fused-ring (bicyclic) bond motifs is 3. The quantitative estimate of drug-likeness (QED) is 0.495. The van der Waals surface area contributed by atoms with Gasteiger partial charge in [0.15, 0.2) is 0 Å². The van der Waals surface area contributed by atoms with E-state index in [2.05, 4.69) is 26.0 Å². The minimum Gasteiger partial charge on any atom is -0.481 e. The molecule has 5 rings (SSSR count). The van der Waals surface area contributed by atoms with Crippen molar-refractivity contribution in [1.29, 1.82) is 0 Å². The van der Waals surface area contributed by atoms with Gasteiger partial charge in [-0.15, -0.1) is 0 Å². The summed E-state index contributed by atoms with van der Waals surface area (Å²) in [5.41, 5.74) is -0.440. The van der Waals surface area contributed by atoms with Gasteiger partial charge >= 0.3 is 17.9 Å². The number of aliphatic carboxylic acids is 2. The van der Waals surface area contributed by atoms with Gasteiger partial charge in [0, 0.05) is 5.41 Å². The maximum atomic E-state index is 13.0. The molecule has 1 heterocycles. The van der Waals surface area contributed by atoms with Crippen molar-refractivity contribution in [2.24, 2.45) is 28.1 Å². The zero-order valence-electron chi connectivity index (χ0n) is 18.7. The number of hydrogen-bond donors (Lipinski definition) is 2. The highest BCUT2D eigenvalue weighted by molar-refractivity contribution is 5.84. The van der Waals surface area contributed by atoms with Crippen molar-refractivity contribution in [2.45, 2.75) is 64.1 Å². The van der Waals surface area contributed by atoms with Gasteiger partial charge in [-0.25, -0.2) is 0 Å². The predicted octanol–water partition coefficient (Wildman–Crippen LogP) is 3.50. The van der Waals surface area contributed by atoms with E-state index in [-0.39, 0.29) is 36.2 Å². The lowest BCUT2D eigenvalue weighted by Gasteiger charge is -2.55. The molecule has 0 unspecified atom stereocenters. The summed E-state index contributed by atoms with van der Waals surface area (Å²) in [6.45, 7) is 4.23. The maximum Gasteiger partial charge on any atom is 0.312 e. The second-order valence-electron chi connectivity index (χ2n) is 10.6. The maximum absolute atomic E-state index is 13.0. The Bertz CT molecular complexity index is 1010. The van der Waals surface area contributed by atoms with Crippen molar-refractivity contribution >= 4 is 17.9 Å². The highest BCUT2D eigenvalue weighted by Crippen LogP contribution is 2.77. The third kappa shape index (κ3) is 2.43. The molecular formula is C25H30O7.